The number of aryl methyl sites for hydroxylation is 1. The summed E-state index contributed by atoms with van der Waals surface area (Å²) < 4.78 is 65.0. The van der Waals surface area contributed by atoms with Crippen molar-refractivity contribution in [1.82, 2.24) is 5.32 Å². The second-order valence-electron chi connectivity index (χ2n) is 5.90. The number of anilines is 1. The van der Waals surface area contributed by atoms with E-state index in [1.807, 2.05) is 0 Å². The van der Waals surface area contributed by atoms with Gasteiger partial charge in [-0.25, -0.2) is 4.39 Å². The van der Waals surface area contributed by atoms with Crippen molar-refractivity contribution in [2.24, 2.45) is 0 Å². The third-order valence-corrected chi connectivity index (χ3v) is 5.15. The summed E-state index contributed by atoms with van der Waals surface area (Å²) in [7, 11) is -4.21. The van der Waals surface area contributed by atoms with E-state index in [4.69, 9.17) is 8.30 Å². The molecule has 0 saturated heterocycles. The van der Waals surface area contributed by atoms with Crippen molar-refractivity contribution in [3.05, 3.63) is 59.4 Å². The number of nitrogens with one attached hydrogen (secondary N) is 2. The van der Waals surface area contributed by atoms with E-state index >= 15 is 0 Å². The molecule has 0 aliphatic heterocycles. The molecule has 0 bridgehead atoms. The highest BCUT2D eigenvalue weighted by molar-refractivity contribution is 7.86. The summed E-state index contributed by atoms with van der Waals surface area (Å²) in [5, 5.41) is 3.98. The zero-order valence-corrected chi connectivity index (χ0v) is 16.0. The lowest BCUT2D eigenvalue weighted by Crippen LogP contribution is -2.32. The van der Waals surface area contributed by atoms with Crippen molar-refractivity contribution in [2.75, 3.05) is 12.3 Å². The molecule has 2 aromatic rings. The molecule has 1 atom stereocenters. The highest BCUT2D eigenvalue weighted by Crippen LogP contribution is 2.19. The summed E-state index contributed by atoms with van der Waals surface area (Å²) >= 11 is 0. The number of carbonyl (C=O) groups is 2. The largest absolute Gasteiger partial charge is 0.355 e. The molecule has 0 unspecified atom stereocenters. The molecule has 0 aliphatic rings. The van der Waals surface area contributed by atoms with Crippen LogP contribution in [0.15, 0.2) is 47.4 Å². The Kier molecular flexibility index (Phi) is 5.53. The highest BCUT2D eigenvalue weighted by atomic mass is 32.2. The zero-order valence-electron chi connectivity index (χ0n) is 18.2. The number of carbonyl (C=O) groups excluding carboxylic acids is 2. The number of halogens is 1. The first-order chi connectivity index (χ1) is 14.3. The molecule has 0 aliphatic carbocycles. The van der Waals surface area contributed by atoms with Gasteiger partial charge in [-0.2, -0.15) is 8.42 Å². The van der Waals surface area contributed by atoms with Crippen LogP contribution in [0.25, 0.3) is 0 Å². The van der Waals surface area contributed by atoms with E-state index in [1.165, 1.54) is 25.1 Å². The third kappa shape index (κ3) is 5.14. The summed E-state index contributed by atoms with van der Waals surface area (Å²) in [6.07, 6.45) is -1.37. The van der Waals surface area contributed by atoms with Crippen molar-refractivity contribution in [3.63, 3.8) is 0 Å². The van der Waals surface area contributed by atoms with Crippen LogP contribution in [-0.4, -0.2) is 33.3 Å². The molecule has 0 radical (unpaired) electrons. The molecule has 28 heavy (non-hydrogen) atoms. The Bertz CT molecular complexity index is 1070. The van der Waals surface area contributed by atoms with Crippen LogP contribution < -0.4 is 10.6 Å². The SMILES string of the molecule is [2H]C([2H])([2H])NC(=O)c1ccc(NC(=O)[C@@H](CC)OS(=O)(=O)c2ccc(C)cc2)cc1F. The minimum absolute atomic E-state index is 0.0124. The second kappa shape index (κ2) is 8.94. The fourth-order valence-electron chi connectivity index (χ4n) is 2.28. The molecule has 0 spiro atoms. The predicted octanol–water partition coefficient (Wildman–Crippen LogP) is 2.62. The van der Waals surface area contributed by atoms with E-state index in [-0.39, 0.29) is 17.0 Å². The monoisotopic (exact) mass is 411 g/mol. The lowest BCUT2D eigenvalue weighted by atomic mass is 10.1. The fraction of sp³-hybridized carbons (Fsp3) is 0.263. The Labute approximate surface area is 167 Å². The number of hydrogen-bond donors (Lipinski definition) is 2. The van der Waals surface area contributed by atoms with Gasteiger partial charge in [-0.3, -0.25) is 13.8 Å². The van der Waals surface area contributed by atoms with Gasteiger partial charge in [-0.1, -0.05) is 24.6 Å². The van der Waals surface area contributed by atoms with E-state index in [9.17, 15) is 22.4 Å². The van der Waals surface area contributed by atoms with Crippen molar-refractivity contribution in [3.8, 4) is 0 Å². The maximum absolute atomic E-state index is 14.2. The molecule has 9 heteroatoms. The van der Waals surface area contributed by atoms with Gasteiger partial charge in [0.2, 0.25) is 0 Å². The molecule has 2 aromatic carbocycles. The predicted molar refractivity (Wildman–Crippen MR) is 102 cm³/mol. The van der Waals surface area contributed by atoms with Gasteiger partial charge in [-0.15, -0.1) is 0 Å². The highest BCUT2D eigenvalue weighted by Gasteiger charge is 2.26. The first-order valence-corrected chi connectivity index (χ1v) is 9.66. The Morgan fingerprint density at radius 3 is 2.46 bits per heavy atom. The molecule has 7 nitrogen and oxygen atoms in total. The van der Waals surface area contributed by atoms with Gasteiger partial charge in [0.05, 0.1) is 10.5 Å². The Hall–Kier alpha value is -2.78. The van der Waals surface area contributed by atoms with Crippen molar-refractivity contribution < 1.29 is 30.7 Å². The van der Waals surface area contributed by atoms with Crippen LogP contribution >= 0.6 is 0 Å². The molecule has 150 valence electrons. The standard InChI is InChI=1S/C19H21FN2O5S/c1-4-17(27-28(25,26)14-8-5-12(2)6-9-14)19(24)22-13-7-10-15(16(20)11-13)18(23)21-3/h5-11,17H,4H2,1-3H3,(H,21,23)(H,22,24)/t17-/m1/s1/i3D3. The summed E-state index contributed by atoms with van der Waals surface area (Å²) in [5.41, 5.74) is 0.254. The van der Waals surface area contributed by atoms with Gasteiger partial charge >= 0.3 is 0 Å². The smallest absolute Gasteiger partial charge is 0.297 e. The number of hydrogen-bond acceptors (Lipinski definition) is 5. The molecule has 0 fully saturated rings. The number of amides is 2. The Morgan fingerprint density at radius 2 is 1.89 bits per heavy atom. The molecular weight excluding hydrogens is 387 g/mol. The van der Waals surface area contributed by atoms with Gasteiger partial charge in [0, 0.05) is 16.8 Å². The lowest BCUT2D eigenvalue weighted by Gasteiger charge is -2.16. The number of benzene rings is 2. The topological polar surface area (TPSA) is 102 Å². The van der Waals surface area contributed by atoms with E-state index in [1.54, 1.807) is 24.4 Å². The van der Waals surface area contributed by atoms with E-state index < -0.39 is 46.4 Å². The van der Waals surface area contributed by atoms with E-state index in [2.05, 4.69) is 5.32 Å². The van der Waals surface area contributed by atoms with Crippen LogP contribution in [0.1, 0.15) is 33.4 Å². The maximum Gasteiger partial charge on any atom is 0.297 e. The Balaban J connectivity index is 2.12. The van der Waals surface area contributed by atoms with Gasteiger partial charge < -0.3 is 10.6 Å². The van der Waals surface area contributed by atoms with Gasteiger partial charge in [-0.05, 0) is 43.7 Å². The number of rotatable bonds is 7. The first-order valence-electron chi connectivity index (χ1n) is 9.75. The van der Waals surface area contributed by atoms with Crippen LogP contribution in [0, 0.1) is 12.7 Å². The van der Waals surface area contributed by atoms with Crippen LogP contribution in [-0.2, 0) is 19.1 Å². The maximum atomic E-state index is 14.2. The van der Waals surface area contributed by atoms with Gasteiger partial charge in [0.25, 0.3) is 21.9 Å². The summed E-state index contributed by atoms with van der Waals surface area (Å²) in [4.78, 5) is 24.1. The summed E-state index contributed by atoms with van der Waals surface area (Å²) in [5.74, 6) is -3.05. The van der Waals surface area contributed by atoms with Crippen molar-refractivity contribution in [2.45, 2.75) is 31.3 Å². The molecular formula is C19H21FN2O5S. The molecule has 2 amide bonds. The molecule has 2 N–H and O–H groups in total. The quantitative estimate of drug-likeness (QED) is 0.682. The average molecular weight is 411 g/mol. The minimum Gasteiger partial charge on any atom is -0.355 e. The zero-order chi connectivity index (χ0) is 23.4. The molecule has 0 saturated carbocycles. The normalized spacial score (nSPS) is 14.3. The minimum atomic E-state index is -4.21. The van der Waals surface area contributed by atoms with Crippen LogP contribution in [0.5, 0.6) is 0 Å². The fourth-order valence-corrected chi connectivity index (χ4v) is 3.39. The van der Waals surface area contributed by atoms with Crippen LogP contribution in [0.3, 0.4) is 0 Å². The van der Waals surface area contributed by atoms with Gasteiger partial charge in [0.1, 0.15) is 5.82 Å². The van der Waals surface area contributed by atoms with Crippen LogP contribution in [0.2, 0.25) is 0 Å². The first kappa shape index (κ1) is 17.3. The van der Waals surface area contributed by atoms with E-state index in [0.717, 1.165) is 17.7 Å². The summed E-state index contributed by atoms with van der Waals surface area (Å²) in [6, 6.07) is 8.87. The van der Waals surface area contributed by atoms with Crippen molar-refractivity contribution >= 4 is 27.6 Å². The van der Waals surface area contributed by atoms with Gasteiger partial charge in [0.15, 0.2) is 6.10 Å². The molecule has 0 heterocycles. The van der Waals surface area contributed by atoms with E-state index in [0.29, 0.717) is 0 Å². The average Bonchev–Trinajstić information content (AvgIpc) is 2.65. The lowest BCUT2D eigenvalue weighted by molar-refractivity contribution is -0.122. The summed E-state index contributed by atoms with van der Waals surface area (Å²) in [6.45, 7) is 0.541. The second-order valence-corrected chi connectivity index (χ2v) is 7.47. The molecule has 0 aromatic heterocycles. The van der Waals surface area contributed by atoms with Crippen LogP contribution in [0.4, 0.5) is 10.1 Å². The van der Waals surface area contributed by atoms with Crippen molar-refractivity contribution in [1.29, 1.82) is 0 Å². The Morgan fingerprint density at radius 1 is 1.21 bits per heavy atom. The molecule has 2 rings (SSSR count). The third-order valence-electron chi connectivity index (χ3n) is 3.81.